The molecule has 1 rings (SSSR count). The fourth-order valence-corrected chi connectivity index (χ4v) is 1.53. The van der Waals surface area contributed by atoms with Crippen LogP contribution in [-0.4, -0.2) is 24.8 Å². The Morgan fingerprint density at radius 3 is 2.56 bits per heavy atom. The first-order valence-corrected chi connectivity index (χ1v) is 6.09. The van der Waals surface area contributed by atoms with E-state index in [1.807, 2.05) is 22.6 Å². The number of hydrogen-bond donors (Lipinski definition) is 1. The monoisotopic (exact) mass is 395 g/mol. The molecule has 0 radical (unpaired) electrons. The van der Waals surface area contributed by atoms with Crippen molar-refractivity contribution in [3.8, 4) is 0 Å². The first-order chi connectivity index (χ1) is 8.24. The summed E-state index contributed by atoms with van der Waals surface area (Å²) in [5.41, 5.74) is 0.0329. The Hall–Kier alpha value is -0.570. The SMILES string of the molecule is O=C(NCC(F)(F)C(F)F)c1ccc(I)c(Cl)c1. The lowest BCUT2D eigenvalue weighted by Crippen LogP contribution is -2.41. The molecular formula is C10H7ClF4INO. The molecule has 0 aliphatic carbocycles. The van der Waals surface area contributed by atoms with Crippen LogP contribution in [0.4, 0.5) is 17.6 Å². The smallest absolute Gasteiger partial charge is 0.324 e. The van der Waals surface area contributed by atoms with Crippen LogP contribution in [0.25, 0.3) is 0 Å². The zero-order valence-electron chi connectivity index (χ0n) is 8.69. The number of amides is 1. The highest BCUT2D eigenvalue weighted by molar-refractivity contribution is 14.1. The second-order valence-corrected chi connectivity index (χ2v) is 4.94. The maximum atomic E-state index is 12.6. The zero-order chi connectivity index (χ0) is 13.9. The van der Waals surface area contributed by atoms with E-state index >= 15 is 0 Å². The lowest BCUT2D eigenvalue weighted by atomic mass is 10.2. The number of hydrogen-bond acceptors (Lipinski definition) is 1. The highest BCUT2D eigenvalue weighted by Crippen LogP contribution is 2.22. The van der Waals surface area contributed by atoms with E-state index in [9.17, 15) is 22.4 Å². The van der Waals surface area contributed by atoms with Crippen LogP contribution in [0.5, 0.6) is 0 Å². The van der Waals surface area contributed by atoms with Gasteiger partial charge in [0.05, 0.1) is 11.6 Å². The van der Waals surface area contributed by atoms with Gasteiger partial charge >= 0.3 is 12.3 Å². The molecule has 8 heteroatoms. The van der Waals surface area contributed by atoms with Crippen molar-refractivity contribution in [2.45, 2.75) is 12.3 Å². The molecular weight excluding hydrogens is 388 g/mol. The van der Waals surface area contributed by atoms with Crippen LogP contribution in [-0.2, 0) is 0 Å². The molecule has 1 aromatic carbocycles. The average molecular weight is 396 g/mol. The minimum Gasteiger partial charge on any atom is -0.346 e. The zero-order valence-corrected chi connectivity index (χ0v) is 11.6. The van der Waals surface area contributed by atoms with Gasteiger partial charge in [-0.2, -0.15) is 8.78 Å². The van der Waals surface area contributed by atoms with E-state index < -0.39 is 24.8 Å². The van der Waals surface area contributed by atoms with E-state index in [2.05, 4.69) is 0 Å². The van der Waals surface area contributed by atoms with Gasteiger partial charge in [0.25, 0.3) is 5.91 Å². The standard InChI is InChI=1S/C10H7ClF4INO/c11-6-3-5(1-2-7(6)16)8(18)17-4-10(14,15)9(12)13/h1-3,9H,4H2,(H,17,18). The fraction of sp³-hybridized carbons (Fsp3) is 0.300. The van der Waals surface area contributed by atoms with Crippen LogP contribution in [0.3, 0.4) is 0 Å². The Bertz CT molecular complexity index is 456. The van der Waals surface area contributed by atoms with Gasteiger partial charge < -0.3 is 5.32 Å². The number of carbonyl (C=O) groups is 1. The normalized spacial score (nSPS) is 11.7. The van der Waals surface area contributed by atoms with Crippen LogP contribution in [0.15, 0.2) is 18.2 Å². The third-order valence-corrected chi connectivity index (χ3v) is 3.56. The number of carbonyl (C=O) groups excluding carboxylic acids is 1. The van der Waals surface area contributed by atoms with E-state index in [1.54, 1.807) is 5.32 Å². The van der Waals surface area contributed by atoms with Crippen LogP contribution in [0.1, 0.15) is 10.4 Å². The number of rotatable bonds is 4. The molecule has 0 fully saturated rings. The quantitative estimate of drug-likeness (QED) is 0.613. The summed E-state index contributed by atoms with van der Waals surface area (Å²) < 4.78 is 49.5. The molecule has 1 amide bonds. The van der Waals surface area contributed by atoms with Crippen LogP contribution >= 0.6 is 34.2 Å². The topological polar surface area (TPSA) is 29.1 Å². The van der Waals surface area contributed by atoms with Crippen molar-refractivity contribution in [1.82, 2.24) is 5.32 Å². The van der Waals surface area contributed by atoms with Gasteiger partial charge in [-0.25, -0.2) is 8.78 Å². The van der Waals surface area contributed by atoms with Crippen LogP contribution in [0, 0.1) is 3.57 Å². The highest BCUT2D eigenvalue weighted by atomic mass is 127. The molecule has 18 heavy (non-hydrogen) atoms. The molecule has 0 unspecified atom stereocenters. The molecule has 100 valence electrons. The molecule has 0 aromatic heterocycles. The van der Waals surface area contributed by atoms with Gasteiger partial charge in [-0.3, -0.25) is 4.79 Å². The Balaban J connectivity index is 2.69. The minimum atomic E-state index is -4.25. The molecule has 0 saturated heterocycles. The van der Waals surface area contributed by atoms with Crippen LogP contribution < -0.4 is 5.32 Å². The number of benzene rings is 1. The summed E-state index contributed by atoms with van der Waals surface area (Å²) in [7, 11) is 0. The van der Waals surface area contributed by atoms with Crippen molar-refractivity contribution < 1.29 is 22.4 Å². The first kappa shape index (κ1) is 15.5. The second kappa shape index (κ2) is 6.05. The Labute approximate surface area is 119 Å². The number of halogens is 6. The molecule has 1 aromatic rings. The number of nitrogens with one attached hydrogen (secondary N) is 1. The van der Waals surface area contributed by atoms with Crippen molar-refractivity contribution in [3.63, 3.8) is 0 Å². The molecule has 0 bridgehead atoms. The van der Waals surface area contributed by atoms with Crippen molar-refractivity contribution >= 4 is 40.1 Å². The lowest BCUT2D eigenvalue weighted by Gasteiger charge is -2.15. The molecule has 0 atom stereocenters. The predicted octanol–water partition coefficient (Wildman–Crippen LogP) is 3.57. The minimum absolute atomic E-state index is 0.0329. The maximum Gasteiger partial charge on any atom is 0.324 e. The summed E-state index contributed by atoms with van der Waals surface area (Å²) in [6.07, 6.45) is -3.82. The third-order valence-electron chi connectivity index (χ3n) is 1.99. The molecule has 0 spiro atoms. The highest BCUT2D eigenvalue weighted by Gasteiger charge is 2.40. The Kier molecular flexibility index (Phi) is 5.20. The molecule has 0 aliphatic rings. The lowest BCUT2D eigenvalue weighted by molar-refractivity contribution is -0.123. The summed E-state index contributed by atoms with van der Waals surface area (Å²) in [5.74, 6) is -5.13. The van der Waals surface area contributed by atoms with E-state index in [0.717, 1.165) is 0 Å². The average Bonchev–Trinajstić information content (AvgIpc) is 2.29. The Morgan fingerprint density at radius 2 is 2.06 bits per heavy atom. The van der Waals surface area contributed by atoms with E-state index in [-0.39, 0.29) is 10.6 Å². The van der Waals surface area contributed by atoms with Gasteiger partial charge in [-0.05, 0) is 40.8 Å². The van der Waals surface area contributed by atoms with Gasteiger partial charge in [0.15, 0.2) is 0 Å². The molecule has 1 N–H and O–H groups in total. The van der Waals surface area contributed by atoms with Gasteiger partial charge in [0, 0.05) is 9.13 Å². The fourth-order valence-electron chi connectivity index (χ4n) is 1.01. The van der Waals surface area contributed by atoms with Crippen molar-refractivity contribution in [2.24, 2.45) is 0 Å². The van der Waals surface area contributed by atoms with Crippen LogP contribution in [0.2, 0.25) is 5.02 Å². The van der Waals surface area contributed by atoms with Crippen molar-refractivity contribution in [1.29, 1.82) is 0 Å². The molecule has 0 aliphatic heterocycles. The van der Waals surface area contributed by atoms with Gasteiger partial charge in [0.1, 0.15) is 0 Å². The largest absolute Gasteiger partial charge is 0.346 e. The van der Waals surface area contributed by atoms with Gasteiger partial charge in [0.2, 0.25) is 0 Å². The summed E-state index contributed by atoms with van der Waals surface area (Å²) in [4.78, 5) is 11.4. The summed E-state index contributed by atoms with van der Waals surface area (Å²) in [5, 5.41) is 2.02. The van der Waals surface area contributed by atoms with Crippen molar-refractivity contribution in [3.05, 3.63) is 32.4 Å². The summed E-state index contributed by atoms with van der Waals surface area (Å²) in [6, 6.07) is 4.16. The molecule has 0 heterocycles. The van der Waals surface area contributed by atoms with Gasteiger partial charge in [-0.1, -0.05) is 11.6 Å². The van der Waals surface area contributed by atoms with E-state index in [4.69, 9.17) is 11.6 Å². The predicted molar refractivity (Wildman–Crippen MR) is 67.5 cm³/mol. The number of alkyl halides is 4. The molecule has 0 saturated carbocycles. The summed E-state index contributed by atoms with van der Waals surface area (Å²) >= 11 is 7.67. The first-order valence-electron chi connectivity index (χ1n) is 4.63. The molecule has 2 nitrogen and oxygen atoms in total. The Morgan fingerprint density at radius 1 is 1.44 bits per heavy atom. The maximum absolute atomic E-state index is 12.6. The van der Waals surface area contributed by atoms with E-state index in [0.29, 0.717) is 3.57 Å². The third kappa shape index (κ3) is 3.98. The summed E-state index contributed by atoms with van der Waals surface area (Å²) in [6.45, 7) is -1.42. The van der Waals surface area contributed by atoms with Crippen molar-refractivity contribution in [2.75, 3.05) is 6.54 Å². The van der Waals surface area contributed by atoms with E-state index in [1.165, 1.54) is 18.2 Å². The van der Waals surface area contributed by atoms with Gasteiger partial charge in [-0.15, -0.1) is 0 Å². The second-order valence-electron chi connectivity index (χ2n) is 3.37.